The van der Waals surface area contributed by atoms with Gasteiger partial charge in [-0.2, -0.15) is 0 Å². The van der Waals surface area contributed by atoms with Crippen LogP contribution in [0.25, 0.3) is 0 Å². The molecule has 6 heteroatoms. The summed E-state index contributed by atoms with van der Waals surface area (Å²) in [4.78, 5) is 22.0. The summed E-state index contributed by atoms with van der Waals surface area (Å²) in [6, 6.07) is 6.99. The molecule has 22 heavy (non-hydrogen) atoms. The highest BCUT2D eigenvalue weighted by atomic mass is 16.5. The molecule has 1 atom stereocenters. The highest BCUT2D eigenvalue weighted by molar-refractivity contribution is 5.75. The third-order valence-electron chi connectivity index (χ3n) is 2.94. The van der Waals surface area contributed by atoms with E-state index < -0.39 is 5.97 Å². The first-order valence-corrected chi connectivity index (χ1v) is 7.37. The molecule has 1 rings (SSSR count). The van der Waals surface area contributed by atoms with Crippen molar-refractivity contribution in [1.82, 2.24) is 10.6 Å². The number of urea groups is 1. The van der Waals surface area contributed by atoms with E-state index in [9.17, 15) is 9.59 Å². The topological polar surface area (TPSA) is 87.7 Å². The molecule has 0 aliphatic carbocycles. The Hall–Kier alpha value is -2.24. The van der Waals surface area contributed by atoms with Crippen molar-refractivity contribution >= 4 is 12.0 Å². The molecular formula is C16H24N2O4. The molecule has 0 aromatic heterocycles. The fourth-order valence-electron chi connectivity index (χ4n) is 1.73. The van der Waals surface area contributed by atoms with Crippen molar-refractivity contribution in [3.05, 3.63) is 29.8 Å². The first-order valence-electron chi connectivity index (χ1n) is 7.37. The average molecular weight is 308 g/mol. The lowest BCUT2D eigenvalue weighted by molar-refractivity contribution is -0.136. The average Bonchev–Trinajstić information content (AvgIpc) is 2.45. The van der Waals surface area contributed by atoms with E-state index in [-0.39, 0.29) is 25.0 Å². The Morgan fingerprint density at radius 2 is 1.82 bits per heavy atom. The number of aliphatic carboxylic acids is 1. The number of carboxylic acids is 1. The maximum Gasteiger partial charge on any atom is 0.315 e. The van der Waals surface area contributed by atoms with E-state index in [1.807, 2.05) is 31.2 Å². The van der Waals surface area contributed by atoms with E-state index in [4.69, 9.17) is 9.84 Å². The summed E-state index contributed by atoms with van der Waals surface area (Å²) in [5.74, 6) is 0.329. The van der Waals surface area contributed by atoms with Crippen LogP contribution in [0.15, 0.2) is 24.3 Å². The molecule has 1 aromatic rings. The predicted molar refractivity (Wildman–Crippen MR) is 84.0 cm³/mol. The fourth-order valence-corrected chi connectivity index (χ4v) is 1.73. The minimum Gasteiger partial charge on any atom is -0.493 e. The van der Waals surface area contributed by atoms with Crippen molar-refractivity contribution in [2.75, 3.05) is 13.2 Å². The Balaban J connectivity index is 2.43. The van der Waals surface area contributed by atoms with Crippen LogP contribution in [-0.4, -0.2) is 30.3 Å². The lowest BCUT2D eigenvalue weighted by Crippen LogP contribution is -2.38. The summed E-state index contributed by atoms with van der Waals surface area (Å²) in [5.41, 5.74) is 0.949. The van der Waals surface area contributed by atoms with E-state index in [0.717, 1.165) is 11.3 Å². The van der Waals surface area contributed by atoms with Crippen molar-refractivity contribution in [3.63, 3.8) is 0 Å². The smallest absolute Gasteiger partial charge is 0.315 e. The number of ether oxygens (including phenoxy) is 1. The maximum absolute atomic E-state index is 11.6. The number of carboxylic acid groups (broad SMARTS) is 1. The Morgan fingerprint density at radius 1 is 1.18 bits per heavy atom. The molecule has 0 aliphatic heterocycles. The second kappa shape index (κ2) is 8.92. The Labute approximate surface area is 130 Å². The minimum absolute atomic E-state index is 0.0936. The Bertz CT molecular complexity index is 485. The van der Waals surface area contributed by atoms with Crippen LogP contribution in [0.2, 0.25) is 0 Å². The molecule has 0 aliphatic rings. The first-order chi connectivity index (χ1) is 10.4. The van der Waals surface area contributed by atoms with E-state index in [2.05, 4.69) is 24.5 Å². The number of nitrogens with one attached hydrogen (secondary N) is 2. The lowest BCUT2D eigenvalue weighted by Gasteiger charge is -2.16. The number of hydrogen-bond acceptors (Lipinski definition) is 3. The number of rotatable bonds is 8. The lowest BCUT2D eigenvalue weighted by atomic mass is 10.1. The highest BCUT2D eigenvalue weighted by Crippen LogP contribution is 2.18. The van der Waals surface area contributed by atoms with Gasteiger partial charge in [0.25, 0.3) is 0 Å². The molecule has 0 bridgehead atoms. The van der Waals surface area contributed by atoms with Crippen LogP contribution < -0.4 is 15.4 Å². The second-order valence-electron chi connectivity index (χ2n) is 5.54. The van der Waals surface area contributed by atoms with Crippen molar-refractivity contribution in [2.24, 2.45) is 5.92 Å². The van der Waals surface area contributed by atoms with E-state index in [0.29, 0.717) is 12.5 Å². The van der Waals surface area contributed by atoms with Crippen LogP contribution in [0.1, 0.15) is 38.8 Å². The highest BCUT2D eigenvalue weighted by Gasteiger charge is 2.09. The van der Waals surface area contributed by atoms with Crippen LogP contribution in [0.4, 0.5) is 4.79 Å². The Morgan fingerprint density at radius 3 is 2.36 bits per heavy atom. The molecular weight excluding hydrogens is 284 g/mol. The number of amides is 2. The molecule has 1 aromatic carbocycles. The molecule has 0 saturated carbocycles. The van der Waals surface area contributed by atoms with E-state index in [1.54, 1.807) is 0 Å². The van der Waals surface area contributed by atoms with E-state index >= 15 is 0 Å². The summed E-state index contributed by atoms with van der Waals surface area (Å²) in [5, 5.41) is 13.8. The third kappa shape index (κ3) is 6.97. The van der Waals surface area contributed by atoms with Crippen molar-refractivity contribution in [2.45, 2.75) is 33.2 Å². The standard InChI is InChI=1S/C16H24N2O4/c1-11(2)10-22-14-6-4-13(5-7-14)12(3)18-16(21)17-9-8-15(19)20/h4-7,11-12H,8-10H2,1-3H3,(H,19,20)(H2,17,18,21). The van der Waals surface area contributed by atoms with Crippen LogP contribution in [-0.2, 0) is 4.79 Å². The summed E-state index contributed by atoms with van der Waals surface area (Å²) >= 11 is 0. The predicted octanol–water partition coefficient (Wildman–Crippen LogP) is 2.56. The number of carbonyl (C=O) groups is 2. The van der Waals surface area contributed by atoms with Gasteiger partial charge >= 0.3 is 12.0 Å². The quantitative estimate of drug-likeness (QED) is 0.688. The van der Waals surface area contributed by atoms with Gasteiger partial charge in [-0.1, -0.05) is 26.0 Å². The summed E-state index contributed by atoms with van der Waals surface area (Å²) in [7, 11) is 0. The molecule has 3 N–H and O–H groups in total. The molecule has 0 heterocycles. The van der Waals surface area contributed by atoms with Crippen LogP contribution in [0, 0.1) is 5.92 Å². The molecule has 0 fully saturated rings. The minimum atomic E-state index is -0.940. The van der Waals surface area contributed by atoms with Gasteiger partial charge in [-0.15, -0.1) is 0 Å². The number of hydrogen-bond donors (Lipinski definition) is 3. The normalized spacial score (nSPS) is 11.8. The van der Waals surface area contributed by atoms with Crippen LogP contribution in [0.5, 0.6) is 5.75 Å². The Kier molecular flexibility index (Phi) is 7.22. The van der Waals surface area contributed by atoms with Crippen molar-refractivity contribution in [1.29, 1.82) is 0 Å². The SMILES string of the molecule is CC(C)COc1ccc(C(C)NC(=O)NCCC(=O)O)cc1. The first kappa shape index (κ1) is 17.8. The fraction of sp³-hybridized carbons (Fsp3) is 0.500. The van der Waals surface area contributed by atoms with Gasteiger partial charge in [0.05, 0.1) is 19.1 Å². The van der Waals surface area contributed by atoms with Crippen molar-refractivity contribution < 1.29 is 19.4 Å². The summed E-state index contributed by atoms with van der Waals surface area (Å²) < 4.78 is 5.60. The zero-order valence-electron chi connectivity index (χ0n) is 13.3. The molecule has 6 nitrogen and oxygen atoms in total. The van der Waals surface area contributed by atoms with Gasteiger partial charge in [-0.25, -0.2) is 4.79 Å². The zero-order valence-corrected chi connectivity index (χ0v) is 13.3. The van der Waals surface area contributed by atoms with Gasteiger partial charge in [0, 0.05) is 6.54 Å². The third-order valence-corrected chi connectivity index (χ3v) is 2.94. The summed E-state index contributed by atoms with van der Waals surface area (Å²) in [6.07, 6.45) is -0.0936. The van der Waals surface area contributed by atoms with Gasteiger partial charge in [0.15, 0.2) is 0 Å². The monoisotopic (exact) mass is 308 g/mol. The summed E-state index contributed by atoms with van der Waals surface area (Å²) in [6.45, 7) is 6.81. The second-order valence-corrected chi connectivity index (χ2v) is 5.54. The van der Waals surface area contributed by atoms with Gasteiger partial charge in [0.1, 0.15) is 5.75 Å². The van der Waals surface area contributed by atoms with Crippen LogP contribution >= 0.6 is 0 Å². The largest absolute Gasteiger partial charge is 0.493 e. The van der Waals surface area contributed by atoms with Gasteiger partial charge < -0.3 is 20.5 Å². The van der Waals surface area contributed by atoms with Crippen LogP contribution in [0.3, 0.4) is 0 Å². The van der Waals surface area contributed by atoms with Gasteiger partial charge in [-0.3, -0.25) is 4.79 Å². The molecule has 0 radical (unpaired) electrons. The van der Waals surface area contributed by atoms with Gasteiger partial charge in [0.2, 0.25) is 0 Å². The zero-order chi connectivity index (χ0) is 16.5. The number of carbonyl (C=O) groups excluding carboxylic acids is 1. The maximum atomic E-state index is 11.6. The molecule has 0 spiro atoms. The molecule has 1 unspecified atom stereocenters. The molecule has 0 saturated heterocycles. The molecule has 122 valence electrons. The molecule has 2 amide bonds. The van der Waals surface area contributed by atoms with E-state index in [1.165, 1.54) is 0 Å². The number of benzene rings is 1. The van der Waals surface area contributed by atoms with Gasteiger partial charge in [-0.05, 0) is 30.5 Å². The van der Waals surface area contributed by atoms with Crippen molar-refractivity contribution in [3.8, 4) is 5.75 Å².